The van der Waals surface area contributed by atoms with Crippen molar-refractivity contribution in [1.82, 2.24) is 15.2 Å². The van der Waals surface area contributed by atoms with E-state index in [9.17, 15) is 13.6 Å². The van der Waals surface area contributed by atoms with Gasteiger partial charge in [0, 0.05) is 30.1 Å². The van der Waals surface area contributed by atoms with Gasteiger partial charge in [-0.05, 0) is 36.6 Å². The number of hydrogen-bond donors (Lipinski definition) is 1. The highest BCUT2D eigenvalue weighted by atomic mass is 32.1. The van der Waals surface area contributed by atoms with E-state index in [1.807, 2.05) is 25.7 Å². The van der Waals surface area contributed by atoms with Gasteiger partial charge in [-0.1, -0.05) is 44.2 Å². The molecule has 0 spiro atoms. The number of carbonyl (C=O) groups excluding carboxylic acids is 1. The van der Waals surface area contributed by atoms with Crippen LogP contribution in [0.4, 0.5) is 8.78 Å². The van der Waals surface area contributed by atoms with Crippen molar-refractivity contribution < 1.29 is 13.6 Å². The van der Waals surface area contributed by atoms with Crippen LogP contribution in [0.15, 0.2) is 53.9 Å². The summed E-state index contributed by atoms with van der Waals surface area (Å²) in [7, 11) is 0. The lowest BCUT2D eigenvalue weighted by molar-refractivity contribution is 0.0925. The van der Waals surface area contributed by atoms with E-state index < -0.39 is 0 Å². The number of carbonyl (C=O) groups is 1. The van der Waals surface area contributed by atoms with Crippen molar-refractivity contribution in [2.24, 2.45) is 5.92 Å². The van der Waals surface area contributed by atoms with Gasteiger partial charge in [-0.2, -0.15) is 0 Å². The highest BCUT2D eigenvalue weighted by Gasteiger charge is 2.17. The molecule has 1 heterocycles. The van der Waals surface area contributed by atoms with E-state index in [2.05, 4.69) is 10.3 Å². The normalized spacial score (nSPS) is 12.4. The van der Waals surface area contributed by atoms with Gasteiger partial charge in [0.15, 0.2) is 0 Å². The van der Waals surface area contributed by atoms with Gasteiger partial charge in [-0.15, -0.1) is 11.3 Å². The predicted molar refractivity (Wildman–Crippen MR) is 120 cm³/mol. The van der Waals surface area contributed by atoms with E-state index in [-0.39, 0.29) is 23.6 Å². The minimum absolute atomic E-state index is 0.0497. The molecule has 2 aromatic carbocycles. The molecule has 0 saturated carbocycles. The third kappa shape index (κ3) is 6.67. The van der Waals surface area contributed by atoms with Crippen LogP contribution in [0.3, 0.4) is 0 Å². The summed E-state index contributed by atoms with van der Waals surface area (Å²) in [5, 5.41) is 5.47. The van der Waals surface area contributed by atoms with Crippen LogP contribution in [0.5, 0.6) is 0 Å². The first kappa shape index (κ1) is 23.0. The van der Waals surface area contributed by atoms with Gasteiger partial charge in [0.05, 0.1) is 6.54 Å². The summed E-state index contributed by atoms with van der Waals surface area (Å²) in [6, 6.07) is 13.0. The molecule has 0 fully saturated rings. The zero-order valence-corrected chi connectivity index (χ0v) is 18.8. The average molecular weight is 444 g/mol. The number of rotatable bonds is 9. The van der Waals surface area contributed by atoms with Crippen LogP contribution in [0, 0.1) is 17.6 Å². The number of amides is 1. The van der Waals surface area contributed by atoms with Crippen molar-refractivity contribution in [3.8, 4) is 0 Å². The standard InChI is InChI=1S/C24H27F2N3OS/c1-16(2)17(3)27-24(30)22-15-31-23(28-22)14-29(12-18-8-10-20(25)11-9-18)13-19-6-4-5-7-21(19)26/h4-11,15-17H,12-14H2,1-3H3,(H,27,30). The van der Waals surface area contributed by atoms with E-state index in [4.69, 9.17) is 0 Å². The second-order valence-electron chi connectivity index (χ2n) is 8.00. The molecule has 1 amide bonds. The number of benzene rings is 2. The van der Waals surface area contributed by atoms with Gasteiger partial charge in [0.2, 0.25) is 0 Å². The highest BCUT2D eigenvalue weighted by Crippen LogP contribution is 2.19. The van der Waals surface area contributed by atoms with Gasteiger partial charge in [-0.3, -0.25) is 9.69 Å². The molecule has 0 aliphatic carbocycles. The van der Waals surface area contributed by atoms with Crippen molar-refractivity contribution in [3.63, 3.8) is 0 Å². The van der Waals surface area contributed by atoms with Crippen LogP contribution in [-0.4, -0.2) is 21.8 Å². The van der Waals surface area contributed by atoms with Crippen LogP contribution >= 0.6 is 11.3 Å². The van der Waals surface area contributed by atoms with Crippen LogP contribution in [-0.2, 0) is 19.6 Å². The first-order valence-corrected chi connectivity index (χ1v) is 11.1. The lowest BCUT2D eigenvalue weighted by Gasteiger charge is -2.22. The summed E-state index contributed by atoms with van der Waals surface area (Å²) < 4.78 is 27.5. The molecule has 1 unspecified atom stereocenters. The first-order chi connectivity index (χ1) is 14.8. The molecule has 0 aliphatic heterocycles. The Kier molecular flexibility index (Phi) is 7.87. The van der Waals surface area contributed by atoms with E-state index in [1.165, 1.54) is 29.5 Å². The van der Waals surface area contributed by atoms with Crippen LogP contribution in [0.2, 0.25) is 0 Å². The highest BCUT2D eigenvalue weighted by molar-refractivity contribution is 7.09. The molecule has 0 bridgehead atoms. The molecule has 3 rings (SSSR count). The molecule has 0 saturated heterocycles. The average Bonchev–Trinajstić information content (AvgIpc) is 3.20. The summed E-state index contributed by atoms with van der Waals surface area (Å²) in [6.45, 7) is 7.38. The van der Waals surface area contributed by atoms with E-state index >= 15 is 0 Å². The van der Waals surface area contributed by atoms with Gasteiger partial charge >= 0.3 is 0 Å². The zero-order chi connectivity index (χ0) is 22.4. The largest absolute Gasteiger partial charge is 0.348 e. The van der Waals surface area contributed by atoms with Crippen molar-refractivity contribution in [2.75, 3.05) is 0 Å². The second kappa shape index (κ2) is 10.6. The lowest BCUT2D eigenvalue weighted by Crippen LogP contribution is -2.36. The monoisotopic (exact) mass is 443 g/mol. The SMILES string of the molecule is CC(C)C(C)NC(=O)c1csc(CN(Cc2ccc(F)cc2)Cc2ccccc2F)n1. The fourth-order valence-electron chi connectivity index (χ4n) is 3.01. The molecule has 0 radical (unpaired) electrons. The molecule has 0 aliphatic rings. The van der Waals surface area contributed by atoms with E-state index in [0.717, 1.165) is 10.6 Å². The second-order valence-corrected chi connectivity index (χ2v) is 8.94. The Morgan fingerprint density at radius 2 is 1.74 bits per heavy atom. The predicted octanol–water partition coefficient (Wildman–Crippen LogP) is 5.40. The molecule has 3 aromatic rings. The Morgan fingerprint density at radius 3 is 2.42 bits per heavy atom. The Labute approximate surface area is 185 Å². The fourth-order valence-corrected chi connectivity index (χ4v) is 3.83. The number of nitrogens with one attached hydrogen (secondary N) is 1. The molecular formula is C24H27F2N3OS. The molecule has 1 atom stereocenters. The summed E-state index contributed by atoms with van der Waals surface area (Å²) >= 11 is 1.40. The molecular weight excluding hydrogens is 416 g/mol. The van der Waals surface area contributed by atoms with Gasteiger partial charge in [0.25, 0.3) is 5.91 Å². The zero-order valence-electron chi connectivity index (χ0n) is 17.9. The van der Waals surface area contributed by atoms with Crippen LogP contribution < -0.4 is 5.32 Å². The molecule has 1 N–H and O–H groups in total. The molecule has 164 valence electrons. The maximum Gasteiger partial charge on any atom is 0.270 e. The molecule has 31 heavy (non-hydrogen) atoms. The Bertz CT molecular complexity index is 1000. The summed E-state index contributed by atoms with van der Waals surface area (Å²) in [4.78, 5) is 19.0. The smallest absolute Gasteiger partial charge is 0.270 e. The van der Waals surface area contributed by atoms with Crippen molar-refractivity contribution in [2.45, 2.75) is 46.4 Å². The summed E-state index contributed by atoms with van der Waals surface area (Å²) in [5.41, 5.74) is 1.88. The van der Waals surface area contributed by atoms with Crippen molar-refractivity contribution in [3.05, 3.63) is 87.4 Å². The molecule has 7 heteroatoms. The summed E-state index contributed by atoms with van der Waals surface area (Å²) in [5.74, 6) is -0.430. The Hall–Kier alpha value is -2.64. The van der Waals surface area contributed by atoms with Crippen molar-refractivity contribution in [1.29, 1.82) is 0 Å². The quantitative estimate of drug-likeness (QED) is 0.482. The maximum atomic E-state index is 14.2. The fraction of sp³-hybridized carbons (Fsp3) is 0.333. The number of thiazole rings is 1. The van der Waals surface area contributed by atoms with E-state index in [1.54, 1.807) is 35.7 Å². The van der Waals surface area contributed by atoms with Crippen LogP contribution in [0.25, 0.3) is 0 Å². The maximum absolute atomic E-state index is 14.2. The first-order valence-electron chi connectivity index (χ1n) is 10.3. The number of nitrogens with zero attached hydrogens (tertiary/aromatic N) is 2. The minimum Gasteiger partial charge on any atom is -0.348 e. The number of aromatic nitrogens is 1. The number of halogens is 2. The van der Waals surface area contributed by atoms with E-state index in [0.29, 0.717) is 36.8 Å². The lowest BCUT2D eigenvalue weighted by atomic mass is 10.1. The third-order valence-corrected chi connectivity index (χ3v) is 6.01. The minimum atomic E-state index is -0.296. The Balaban J connectivity index is 1.75. The molecule has 1 aromatic heterocycles. The third-order valence-electron chi connectivity index (χ3n) is 5.17. The van der Waals surface area contributed by atoms with Gasteiger partial charge in [0.1, 0.15) is 22.3 Å². The number of hydrogen-bond acceptors (Lipinski definition) is 4. The summed E-state index contributed by atoms with van der Waals surface area (Å²) in [6.07, 6.45) is 0. The van der Waals surface area contributed by atoms with Crippen LogP contribution in [0.1, 0.15) is 47.4 Å². The molecule has 4 nitrogen and oxygen atoms in total. The van der Waals surface area contributed by atoms with Gasteiger partial charge in [-0.25, -0.2) is 13.8 Å². The topological polar surface area (TPSA) is 45.2 Å². The van der Waals surface area contributed by atoms with Crippen molar-refractivity contribution >= 4 is 17.2 Å². The van der Waals surface area contributed by atoms with Gasteiger partial charge < -0.3 is 5.32 Å². The Morgan fingerprint density at radius 1 is 1.03 bits per heavy atom.